The number of carbonyl (C=O) groups is 1. The van der Waals surface area contributed by atoms with Gasteiger partial charge in [0.15, 0.2) is 0 Å². The lowest BCUT2D eigenvalue weighted by Crippen LogP contribution is -2.30. The Hall–Kier alpha value is -0.910. The predicted octanol–water partition coefficient (Wildman–Crippen LogP) is 1.89. The zero-order chi connectivity index (χ0) is 13.1. The molecule has 4 nitrogen and oxygen atoms in total. The molecular formula is C13H16BrNO3. The minimum absolute atomic E-state index is 0.00277. The fraction of sp³-hybridized carbons (Fsp3) is 0.462. The zero-order valence-corrected chi connectivity index (χ0v) is 11.5. The molecule has 5 heteroatoms. The van der Waals surface area contributed by atoms with Gasteiger partial charge in [0, 0.05) is 11.0 Å². The molecule has 0 aromatic heterocycles. The topological polar surface area (TPSA) is 60.8 Å². The second kappa shape index (κ2) is 5.82. The summed E-state index contributed by atoms with van der Waals surface area (Å²) in [5.74, 6) is -1.06. The van der Waals surface area contributed by atoms with Crippen LogP contribution in [0.2, 0.25) is 0 Å². The molecule has 1 saturated heterocycles. The lowest BCUT2D eigenvalue weighted by atomic mass is 10.1. The van der Waals surface area contributed by atoms with Gasteiger partial charge in [-0.3, -0.25) is 9.69 Å². The molecule has 18 heavy (non-hydrogen) atoms. The molecule has 98 valence electrons. The van der Waals surface area contributed by atoms with Crippen molar-refractivity contribution in [2.45, 2.75) is 12.5 Å². The molecule has 0 spiro atoms. The summed E-state index contributed by atoms with van der Waals surface area (Å²) >= 11 is 3.41. The normalized spacial score (nSPS) is 22.0. The Morgan fingerprint density at radius 3 is 2.89 bits per heavy atom. The van der Waals surface area contributed by atoms with Crippen LogP contribution in [-0.2, 0) is 4.79 Å². The van der Waals surface area contributed by atoms with Crippen LogP contribution in [0.1, 0.15) is 18.0 Å². The predicted molar refractivity (Wildman–Crippen MR) is 71.3 cm³/mol. The Labute approximate surface area is 114 Å². The number of rotatable bonds is 4. The van der Waals surface area contributed by atoms with Gasteiger partial charge in [-0.1, -0.05) is 28.1 Å². The first-order valence-electron chi connectivity index (χ1n) is 5.95. The summed E-state index contributed by atoms with van der Waals surface area (Å²) in [6, 6.07) is 7.66. The summed E-state index contributed by atoms with van der Waals surface area (Å²) in [6.45, 7) is 1.23. The molecule has 2 rings (SSSR count). The number of nitrogens with zero attached hydrogens (tertiary/aromatic N) is 1. The van der Waals surface area contributed by atoms with Gasteiger partial charge in [0.1, 0.15) is 0 Å². The Kier molecular flexibility index (Phi) is 4.37. The van der Waals surface area contributed by atoms with E-state index in [9.17, 15) is 9.90 Å². The summed E-state index contributed by atoms with van der Waals surface area (Å²) in [4.78, 5) is 13.0. The van der Waals surface area contributed by atoms with Gasteiger partial charge < -0.3 is 10.2 Å². The molecule has 2 N–H and O–H groups in total. The first kappa shape index (κ1) is 13.5. The van der Waals surface area contributed by atoms with Gasteiger partial charge in [-0.05, 0) is 30.7 Å². The summed E-state index contributed by atoms with van der Waals surface area (Å²) < 4.78 is 0.965. The second-order valence-electron chi connectivity index (χ2n) is 4.57. The molecule has 2 unspecified atom stereocenters. The van der Waals surface area contributed by atoms with Crippen LogP contribution in [0.25, 0.3) is 0 Å². The van der Waals surface area contributed by atoms with E-state index in [-0.39, 0.29) is 18.6 Å². The van der Waals surface area contributed by atoms with Gasteiger partial charge in [-0.25, -0.2) is 0 Å². The highest BCUT2D eigenvalue weighted by Gasteiger charge is 2.32. The molecule has 1 aliphatic rings. The van der Waals surface area contributed by atoms with Crippen molar-refractivity contribution in [1.82, 2.24) is 4.90 Å². The van der Waals surface area contributed by atoms with Crippen molar-refractivity contribution in [2.75, 3.05) is 19.7 Å². The summed E-state index contributed by atoms with van der Waals surface area (Å²) in [5.41, 5.74) is 1.01. The maximum absolute atomic E-state index is 11.0. The number of carboxylic acids is 1. The number of carboxylic acid groups (broad SMARTS) is 1. The highest BCUT2D eigenvalue weighted by molar-refractivity contribution is 9.10. The van der Waals surface area contributed by atoms with Crippen LogP contribution >= 0.6 is 15.9 Å². The van der Waals surface area contributed by atoms with Gasteiger partial charge in [-0.15, -0.1) is 0 Å². The highest BCUT2D eigenvalue weighted by atomic mass is 79.9. The van der Waals surface area contributed by atoms with E-state index in [4.69, 9.17) is 5.11 Å². The summed E-state index contributed by atoms with van der Waals surface area (Å²) in [5, 5.41) is 18.6. The van der Waals surface area contributed by atoms with Gasteiger partial charge in [0.25, 0.3) is 0 Å². The Balaban J connectivity index is 2.13. The number of likely N-dealkylation sites (tertiary alicyclic amines) is 1. The van der Waals surface area contributed by atoms with Crippen LogP contribution in [0.4, 0.5) is 0 Å². The Morgan fingerprint density at radius 2 is 2.33 bits per heavy atom. The van der Waals surface area contributed by atoms with Crippen LogP contribution < -0.4 is 0 Å². The first-order valence-corrected chi connectivity index (χ1v) is 6.74. The molecule has 1 aromatic carbocycles. The molecule has 0 amide bonds. The van der Waals surface area contributed by atoms with Crippen molar-refractivity contribution >= 4 is 21.9 Å². The third-order valence-electron chi connectivity index (χ3n) is 3.42. The van der Waals surface area contributed by atoms with Crippen molar-refractivity contribution in [3.05, 3.63) is 34.3 Å². The van der Waals surface area contributed by atoms with Crippen molar-refractivity contribution in [1.29, 1.82) is 0 Å². The minimum Gasteiger partial charge on any atom is -0.481 e. The van der Waals surface area contributed by atoms with Crippen molar-refractivity contribution in [3.63, 3.8) is 0 Å². The maximum Gasteiger partial charge on any atom is 0.307 e. The van der Waals surface area contributed by atoms with Crippen molar-refractivity contribution in [2.24, 2.45) is 5.92 Å². The molecule has 1 fully saturated rings. The van der Waals surface area contributed by atoms with E-state index in [2.05, 4.69) is 15.9 Å². The van der Waals surface area contributed by atoms with E-state index < -0.39 is 5.97 Å². The number of aliphatic hydroxyl groups is 1. The minimum atomic E-state index is -0.747. The van der Waals surface area contributed by atoms with E-state index in [0.717, 1.165) is 10.0 Å². The molecule has 0 aliphatic carbocycles. The van der Waals surface area contributed by atoms with Crippen molar-refractivity contribution < 1.29 is 15.0 Å². The summed E-state index contributed by atoms with van der Waals surface area (Å²) in [6.07, 6.45) is 0.653. The van der Waals surface area contributed by atoms with Gasteiger partial charge in [0.2, 0.25) is 0 Å². The van der Waals surface area contributed by atoms with Crippen molar-refractivity contribution in [3.8, 4) is 0 Å². The highest BCUT2D eigenvalue weighted by Crippen LogP contribution is 2.28. The smallest absolute Gasteiger partial charge is 0.307 e. The lowest BCUT2D eigenvalue weighted by molar-refractivity contribution is -0.141. The van der Waals surface area contributed by atoms with E-state index in [1.807, 2.05) is 29.2 Å². The van der Waals surface area contributed by atoms with Crippen LogP contribution in [-0.4, -0.2) is 40.8 Å². The lowest BCUT2D eigenvalue weighted by Gasteiger charge is -2.26. The monoisotopic (exact) mass is 313 g/mol. The molecule has 1 heterocycles. The Bertz CT molecular complexity index is 438. The molecule has 0 radical (unpaired) electrons. The zero-order valence-electron chi connectivity index (χ0n) is 9.92. The quantitative estimate of drug-likeness (QED) is 0.891. The van der Waals surface area contributed by atoms with E-state index in [0.29, 0.717) is 19.5 Å². The fourth-order valence-corrected chi connectivity index (χ4v) is 2.83. The van der Waals surface area contributed by atoms with Crippen LogP contribution in [0.5, 0.6) is 0 Å². The molecular weight excluding hydrogens is 298 g/mol. The van der Waals surface area contributed by atoms with Crippen LogP contribution in [0, 0.1) is 5.92 Å². The standard InChI is InChI=1S/C13H16BrNO3/c14-11-3-1-2-9(6-11)12(8-16)15-5-4-10(7-15)13(17)18/h1-3,6,10,12,16H,4-5,7-8H2,(H,17,18). The third kappa shape index (κ3) is 2.91. The molecule has 1 aromatic rings. The van der Waals surface area contributed by atoms with Crippen LogP contribution in [0.15, 0.2) is 28.7 Å². The van der Waals surface area contributed by atoms with Gasteiger partial charge >= 0.3 is 5.97 Å². The molecule has 0 saturated carbocycles. The van der Waals surface area contributed by atoms with E-state index in [1.54, 1.807) is 0 Å². The van der Waals surface area contributed by atoms with E-state index in [1.165, 1.54) is 0 Å². The van der Waals surface area contributed by atoms with Gasteiger partial charge in [-0.2, -0.15) is 0 Å². The number of benzene rings is 1. The van der Waals surface area contributed by atoms with E-state index >= 15 is 0 Å². The SMILES string of the molecule is O=C(O)C1CCN(C(CO)c2cccc(Br)c2)C1. The Morgan fingerprint density at radius 1 is 1.56 bits per heavy atom. The van der Waals surface area contributed by atoms with Crippen LogP contribution in [0.3, 0.4) is 0 Å². The fourth-order valence-electron chi connectivity index (χ4n) is 2.42. The molecule has 1 aliphatic heterocycles. The number of hydrogen-bond acceptors (Lipinski definition) is 3. The number of halogens is 1. The third-order valence-corrected chi connectivity index (χ3v) is 3.91. The average Bonchev–Trinajstić information content (AvgIpc) is 2.80. The largest absolute Gasteiger partial charge is 0.481 e. The number of aliphatic carboxylic acids is 1. The average molecular weight is 314 g/mol. The maximum atomic E-state index is 11.0. The second-order valence-corrected chi connectivity index (χ2v) is 5.49. The first-order chi connectivity index (χ1) is 8.61. The number of hydrogen-bond donors (Lipinski definition) is 2. The number of aliphatic hydroxyl groups excluding tert-OH is 1. The molecule has 0 bridgehead atoms. The molecule has 2 atom stereocenters. The summed E-state index contributed by atoms with van der Waals surface area (Å²) in [7, 11) is 0. The van der Waals surface area contributed by atoms with Gasteiger partial charge in [0.05, 0.1) is 18.6 Å².